The molecule has 0 aromatic carbocycles. The zero-order chi connectivity index (χ0) is 13.5. The van der Waals surface area contributed by atoms with Crippen LogP contribution in [-0.4, -0.2) is 24.9 Å². The first-order chi connectivity index (χ1) is 7.73. The largest absolute Gasteiger partial charge is 0.354 e. The molecule has 0 fully saturated rings. The van der Waals surface area contributed by atoms with Gasteiger partial charge in [-0.2, -0.15) is 0 Å². The Balaban J connectivity index is 3.58. The highest BCUT2D eigenvalue weighted by atomic mass is 16.2. The Kier molecular flexibility index (Phi) is 6.85. The summed E-state index contributed by atoms with van der Waals surface area (Å²) in [6.45, 7) is 10.8. The maximum atomic E-state index is 11.5. The van der Waals surface area contributed by atoms with Crippen molar-refractivity contribution in [3.63, 3.8) is 0 Å². The molecule has 2 N–H and O–H groups in total. The van der Waals surface area contributed by atoms with Gasteiger partial charge in [-0.3, -0.25) is 9.59 Å². The Hall–Kier alpha value is -1.06. The van der Waals surface area contributed by atoms with Crippen molar-refractivity contribution >= 4 is 11.8 Å². The molecule has 4 heteroatoms. The van der Waals surface area contributed by atoms with E-state index in [1.54, 1.807) is 0 Å². The number of carbonyl (C=O) groups excluding carboxylic acids is 2. The van der Waals surface area contributed by atoms with Crippen LogP contribution in [0.3, 0.4) is 0 Å². The zero-order valence-corrected chi connectivity index (χ0v) is 11.7. The molecule has 0 saturated heterocycles. The van der Waals surface area contributed by atoms with E-state index in [-0.39, 0.29) is 17.2 Å². The fourth-order valence-corrected chi connectivity index (χ4v) is 1.15. The molecule has 0 aromatic heterocycles. The fourth-order valence-electron chi connectivity index (χ4n) is 1.15. The lowest BCUT2D eigenvalue weighted by Crippen LogP contribution is -2.39. The first-order valence-corrected chi connectivity index (χ1v) is 6.28. The number of hydrogen-bond acceptors (Lipinski definition) is 2. The molecular weight excluding hydrogens is 216 g/mol. The Morgan fingerprint density at radius 1 is 1.06 bits per heavy atom. The molecule has 0 aromatic rings. The maximum Gasteiger partial charge on any atom is 0.225 e. The van der Waals surface area contributed by atoms with E-state index >= 15 is 0 Å². The predicted octanol–water partition coefficient (Wildman–Crippen LogP) is 1.70. The van der Waals surface area contributed by atoms with E-state index in [0.717, 1.165) is 6.42 Å². The van der Waals surface area contributed by atoms with E-state index in [1.165, 1.54) is 0 Å². The third-order valence-electron chi connectivity index (χ3n) is 2.36. The molecule has 4 nitrogen and oxygen atoms in total. The molecule has 0 unspecified atom stereocenters. The molecule has 0 aliphatic carbocycles. The van der Waals surface area contributed by atoms with Crippen molar-refractivity contribution in [2.75, 3.05) is 13.1 Å². The molecule has 0 atom stereocenters. The lowest BCUT2D eigenvalue weighted by Gasteiger charge is -2.17. The van der Waals surface area contributed by atoms with Gasteiger partial charge in [-0.15, -0.1) is 0 Å². The van der Waals surface area contributed by atoms with Crippen molar-refractivity contribution in [2.45, 2.75) is 47.5 Å². The normalized spacial score (nSPS) is 11.4. The Labute approximate surface area is 105 Å². The van der Waals surface area contributed by atoms with Crippen molar-refractivity contribution < 1.29 is 9.59 Å². The van der Waals surface area contributed by atoms with Gasteiger partial charge < -0.3 is 10.6 Å². The first kappa shape index (κ1) is 15.9. The lowest BCUT2D eigenvalue weighted by atomic mass is 9.96. The van der Waals surface area contributed by atoms with E-state index in [2.05, 4.69) is 24.5 Å². The third-order valence-corrected chi connectivity index (χ3v) is 2.36. The van der Waals surface area contributed by atoms with Crippen molar-refractivity contribution in [1.82, 2.24) is 10.6 Å². The summed E-state index contributed by atoms with van der Waals surface area (Å²) in [6.07, 6.45) is 1.46. The van der Waals surface area contributed by atoms with Crippen molar-refractivity contribution in [2.24, 2.45) is 11.3 Å². The van der Waals surface area contributed by atoms with Crippen LogP contribution in [0.2, 0.25) is 0 Å². The van der Waals surface area contributed by atoms with Gasteiger partial charge in [0.25, 0.3) is 0 Å². The summed E-state index contributed by atoms with van der Waals surface area (Å²) in [5.74, 6) is 0.610. The summed E-state index contributed by atoms with van der Waals surface area (Å²) in [6, 6.07) is 0. The van der Waals surface area contributed by atoms with Gasteiger partial charge in [-0.05, 0) is 12.3 Å². The molecule has 100 valence electrons. The molecule has 0 heterocycles. The minimum atomic E-state index is -0.373. The van der Waals surface area contributed by atoms with E-state index in [4.69, 9.17) is 0 Å². The van der Waals surface area contributed by atoms with Crippen LogP contribution < -0.4 is 10.6 Å². The Morgan fingerprint density at radius 3 is 2.06 bits per heavy atom. The molecule has 2 amide bonds. The topological polar surface area (TPSA) is 58.2 Å². The van der Waals surface area contributed by atoms with Gasteiger partial charge in [0.2, 0.25) is 11.8 Å². The van der Waals surface area contributed by atoms with Gasteiger partial charge in [0.1, 0.15) is 0 Å². The second kappa shape index (κ2) is 7.30. The fraction of sp³-hybridized carbons (Fsp3) is 0.846. The van der Waals surface area contributed by atoms with Crippen LogP contribution in [0.1, 0.15) is 47.5 Å². The highest BCUT2D eigenvalue weighted by molar-refractivity contribution is 5.81. The number of carbonyl (C=O) groups is 2. The van der Waals surface area contributed by atoms with Gasteiger partial charge in [-0.25, -0.2) is 0 Å². The van der Waals surface area contributed by atoms with Crippen LogP contribution >= 0.6 is 0 Å². The zero-order valence-electron chi connectivity index (χ0n) is 11.7. The highest BCUT2D eigenvalue weighted by Crippen LogP contribution is 2.11. The second-order valence-electron chi connectivity index (χ2n) is 5.79. The summed E-state index contributed by atoms with van der Waals surface area (Å²) >= 11 is 0. The molecule has 0 spiro atoms. The highest BCUT2D eigenvalue weighted by Gasteiger charge is 2.20. The van der Waals surface area contributed by atoms with E-state index in [1.807, 2.05) is 20.8 Å². The average Bonchev–Trinajstić information content (AvgIpc) is 2.19. The Bertz CT molecular complexity index is 255. The van der Waals surface area contributed by atoms with Crippen molar-refractivity contribution in [1.29, 1.82) is 0 Å². The molecule has 0 aliphatic rings. The quantitative estimate of drug-likeness (QED) is 0.697. The number of hydrogen-bond donors (Lipinski definition) is 2. The van der Waals surface area contributed by atoms with Gasteiger partial charge in [0.15, 0.2) is 0 Å². The van der Waals surface area contributed by atoms with Crippen molar-refractivity contribution in [3.05, 3.63) is 0 Å². The average molecular weight is 242 g/mol. The van der Waals surface area contributed by atoms with Crippen LogP contribution in [0, 0.1) is 11.3 Å². The van der Waals surface area contributed by atoms with Crippen molar-refractivity contribution in [3.8, 4) is 0 Å². The number of amides is 2. The standard InChI is InChI=1S/C13H26N2O2/c1-10(2)6-7-11(16)14-8-9-15-12(17)13(3,4)5/h10H,6-9H2,1-5H3,(H,14,16)(H,15,17). The lowest BCUT2D eigenvalue weighted by molar-refractivity contribution is -0.128. The van der Waals surface area contributed by atoms with Crippen LogP contribution in [0.5, 0.6) is 0 Å². The number of rotatable bonds is 6. The van der Waals surface area contributed by atoms with E-state index in [9.17, 15) is 9.59 Å². The third kappa shape index (κ3) is 8.72. The van der Waals surface area contributed by atoms with Gasteiger partial charge in [0, 0.05) is 24.9 Å². The van der Waals surface area contributed by atoms with E-state index in [0.29, 0.717) is 25.4 Å². The molecule has 0 bridgehead atoms. The summed E-state index contributed by atoms with van der Waals surface area (Å²) in [7, 11) is 0. The smallest absolute Gasteiger partial charge is 0.225 e. The molecule has 0 rings (SSSR count). The molecule has 17 heavy (non-hydrogen) atoms. The summed E-state index contributed by atoms with van der Waals surface area (Å²) in [5.41, 5.74) is -0.373. The number of nitrogens with one attached hydrogen (secondary N) is 2. The predicted molar refractivity (Wildman–Crippen MR) is 69.5 cm³/mol. The minimum absolute atomic E-state index is 0.00827. The molecule has 0 saturated carbocycles. The van der Waals surface area contributed by atoms with Gasteiger partial charge >= 0.3 is 0 Å². The van der Waals surface area contributed by atoms with Crippen LogP contribution in [0.15, 0.2) is 0 Å². The van der Waals surface area contributed by atoms with Crippen LogP contribution in [-0.2, 0) is 9.59 Å². The van der Waals surface area contributed by atoms with E-state index < -0.39 is 0 Å². The first-order valence-electron chi connectivity index (χ1n) is 6.28. The summed E-state index contributed by atoms with van der Waals surface area (Å²) < 4.78 is 0. The Morgan fingerprint density at radius 2 is 1.59 bits per heavy atom. The summed E-state index contributed by atoms with van der Waals surface area (Å²) in [4.78, 5) is 22.9. The minimum Gasteiger partial charge on any atom is -0.354 e. The van der Waals surface area contributed by atoms with Crippen LogP contribution in [0.25, 0.3) is 0 Å². The molecule has 0 radical (unpaired) electrons. The monoisotopic (exact) mass is 242 g/mol. The van der Waals surface area contributed by atoms with Gasteiger partial charge in [0.05, 0.1) is 0 Å². The summed E-state index contributed by atoms with van der Waals surface area (Å²) in [5, 5.41) is 5.58. The molecule has 0 aliphatic heterocycles. The molecular formula is C13H26N2O2. The second-order valence-corrected chi connectivity index (χ2v) is 5.79. The van der Waals surface area contributed by atoms with Crippen LogP contribution in [0.4, 0.5) is 0 Å². The SMILES string of the molecule is CC(C)CCC(=O)NCCNC(=O)C(C)(C)C. The maximum absolute atomic E-state index is 11.5. The van der Waals surface area contributed by atoms with Gasteiger partial charge in [-0.1, -0.05) is 34.6 Å².